The summed E-state index contributed by atoms with van der Waals surface area (Å²) in [6.45, 7) is 6.28. The third-order valence-corrected chi connectivity index (χ3v) is 6.46. The number of hydrogen-bond acceptors (Lipinski definition) is 7. The summed E-state index contributed by atoms with van der Waals surface area (Å²) >= 11 is 1.69. The number of piperazine rings is 1. The standard InChI is InChI=1S/C22H31N3O3S/c1-29-19-4-2-17(3-5-19)18-14-21(27)20(22(28)15-18)16-23-6-7-24-8-10-25(11-9-24)12-13-26/h2-5,16,18,26-27H,6-15H2,1H3. The van der Waals surface area contributed by atoms with Crippen molar-refractivity contribution in [2.45, 2.75) is 23.7 Å². The molecule has 1 heterocycles. The van der Waals surface area contributed by atoms with E-state index in [0.29, 0.717) is 25.0 Å². The predicted octanol–water partition coefficient (Wildman–Crippen LogP) is 2.35. The Hall–Kier alpha value is -1.67. The predicted molar refractivity (Wildman–Crippen MR) is 118 cm³/mol. The zero-order chi connectivity index (χ0) is 20.6. The van der Waals surface area contributed by atoms with Crippen LogP contribution in [0.5, 0.6) is 0 Å². The largest absolute Gasteiger partial charge is 0.511 e. The average molecular weight is 418 g/mol. The summed E-state index contributed by atoms with van der Waals surface area (Å²) in [4.78, 5) is 22.8. The van der Waals surface area contributed by atoms with Crippen LogP contribution in [0.2, 0.25) is 0 Å². The Kier molecular flexibility index (Phi) is 8.29. The average Bonchev–Trinajstić information content (AvgIpc) is 2.74. The van der Waals surface area contributed by atoms with E-state index in [1.807, 2.05) is 6.26 Å². The molecule has 1 aliphatic heterocycles. The zero-order valence-corrected chi connectivity index (χ0v) is 17.9. The normalized spacial score (nSPS) is 22.0. The molecule has 0 aromatic heterocycles. The van der Waals surface area contributed by atoms with E-state index in [4.69, 9.17) is 5.11 Å². The van der Waals surface area contributed by atoms with Crippen molar-refractivity contribution >= 4 is 23.8 Å². The molecule has 6 nitrogen and oxygen atoms in total. The number of Topliss-reactive ketones (excluding diaryl/α,β-unsaturated/α-hetero) is 1. The van der Waals surface area contributed by atoms with Gasteiger partial charge in [0.25, 0.3) is 0 Å². The molecule has 0 bridgehead atoms. The first-order chi connectivity index (χ1) is 14.1. The first kappa shape index (κ1) is 22.0. The lowest BCUT2D eigenvalue weighted by Gasteiger charge is -2.33. The highest BCUT2D eigenvalue weighted by atomic mass is 32.2. The third kappa shape index (κ3) is 6.15. The number of thioether (sulfide) groups is 1. The minimum Gasteiger partial charge on any atom is -0.511 e. The molecule has 0 saturated carbocycles. The van der Waals surface area contributed by atoms with Crippen LogP contribution < -0.4 is 0 Å². The lowest BCUT2D eigenvalue weighted by Crippen LogP contribution is -2.47. The summed E-state index contributed by atoms with van der Waals surface area (Å²) in [5, 5.41) is 19.4. The molecule has 2 aliphatic rings. The zero-order valence-electron chi connectivity index (χ0n) is 17.1. The van der Waals surface area contributed by atoms with Gasteiger partial charge in [-0.15, -0.1) is 11.8 Å². The van der Waals surface area contributed by atoms with Crippen molar-refractivity contribution in [3.05, 3.63) is 41.2 Å². The van der Waals surface area contributed by atoms with E-state index in [-0.39, 0.29) is 24.1 Å². The van der Waals surface area contributed by atoms with Crippen molar-refractivity contribution in [1.29, 1.82) is 0 Å². The smallest absolute Gasteiger partial charge is 0.168 e. The molecule has 1 aliphatic carbocycles. The molecule has 1 fully saturated rings. The Bertz CT molecular complexity index is 740. The highest BCUT2D eigenvalue weighted by molar-refractivity contribution is 7.98. The number of hydrogen-bond donors (Lipinski definition) is 2. The van der Waals surface area contributed by atoms with E-state index >= 15 is 0 Å². The molecule has 7 heteroatoms. The minimum absolute atomic E-state index is 0.0331. The van der Waals surface area contributed by atoms with Gasteiger partial charge in [0.05, 0.1) is 18.7 Å². The fourth-order valence-corrected chi connectivity index (χ4v) is 4.31. The molecule has 1 aromatic carbocycles. The summed E-state index contributed by atoms with van der Waals surface area (Å²) in [6.07, 6.45) is 4.50. The van der Waals surface area contributed by atoms with Gasteiger partial charge in [-0.05, 0) is 29.9 Å². The second-order valence-electron chi connectivity index (χ2n) is 7.60. The van der Waals surface area contributed by atoms with Crippen LogP contribution in [0, 0.1) is 0 Å². The fraction of sp³-hybridized carbons (Fsp3) is 0.545. The molecule has 1 unspecified atom stereocenters. The van der Waals surface area contributed by atoms with Gasteiger partial charge in [-0.2, -0.15) is 0 Å². The topological polar surface area (TPSA) is 76.4 Å². The van der Waals surface area contributed by atoms with Crippen molar-refractivity contribution in [1.82, 2.24) is 9.80 Å². The number of aliphatic hydroxyl groups is 2. The Morgan fingerprint density at radius 3 is 2.34 bits per heavy atom. The first-order valence-corrected chi connectivity index (χ1v) is 11.5. The summed E-state index contributed by atoms with van der Waals surface area (Å²) in [7, 11) is 0. The minimum atomic E-state index is -0.0333. The Balaban J connectivity index is 1.49. The highest BCUT2D eigenvalue weighted by Gasteiger charge is 2.27. The van der Waals surface area contributed by atoms with E-state index in [1.165, 1.54) is 4.90 Å². The van der Waals surface area contributed by atoms with Gasteiger partial charge >= 0.3 is 0 Å². The van der Waals surface area contributed by atoms with Crippen molar-refractivity contribution in [2.24, 2.45) is 4.99 Å². The van der Waals surface area contributed by atoms with E-state index in [2.05, 4.69) is 39.1 Å². The molecule has 0 radical (unpaired) electrons. The number of aliphatic imine (C=N–C) groups is 1. The third-order valence-electron chi connectivity index (χ3n) is 5.72. The summed E-state index contributed by atoms with van der Waals surface area (Å²) < 4.78 is 0. The van der Waals surface area contributed by atoms with Crippen LogP contribution in [0.15, 0.2) is 45.5 Å². The number of benzene rings is 1. The summed E-state index contributed by atoms with van der Waals surface area (Å²) in [5.41, 5.74) is 1.47. The van der Waals surface area contributed by atoms with E-state index < -0.39 is 0 Å². The Morgan fingerprint density at radius 1 is 1.10 bits per heavy atom. The maximum atomic E-state index is 12.6. The number of carbonyl (C=O) groups is 1. The van der Waals surface area contributed by atoms with Gasteiger partial charge in [-0.3, -0.25) is 19.6 Å². The van der Waals surface area contributed by atoms with Gasteiger partial charge in [-0.1, -0.05) is 12.1 Å². The molecule has 3 rings (SSSR count). The molecule has 29 heavy (non-hydrogen) atoms. The molecule has 158 valence electrons. The molecule has 1 aromatic rings. The van der Waals surface area contributed by atoms with Crippen molar-refractivity contribution in [3.8, 4) is 0 Å². The van der Waals surface area contributed by atoms with Gasteiger partial charge in [0, 0.05) is 63.2 Å². The van der Waals surface area contributed by atoms with E-state index in [0.717, 1.165) is 44.8 Å². The van der Waals surface area contributed by atoms with Gasteiger partial charge in [0.1, 0.15) is 5.76 Å². The monoisotopic (exact) mass is 417 g/mol. The van der Waals surface area contributed by atoms with Crippen LogP contribution in [0.25, 0.3) is 0 Å². The second-order valence-corrected chi connectivity index (χ2v) is 8.48. The van der Waals surface area contributed by atoms with Crippen LogP contribution in [0.3, 0.4) is 0 Å². The van der Waals surface area contributed by atoms with Crippen LogP contribution >= 0.6 is 11.8 Å². The number of ketones is 1. The SMILES string of the molecule is CSc1ccc(C2CC(=O)C(C=NCCN3CCN(CCO)CC3)=C(O)C2)cc1. The number of rotatable bonds is 8. The quantitative estimate of drug-likeness (QED) is 0.500. The fourth-order valence-electron chi connectivity index (χ4n) is 3.90. The molecular formula is C22H31N3O3S. The van der Waals surface area contributed by atoms with Crippen LogP contribution in [0.1, 0.15) is 24.3 Å². The Morgan fingerprint density at radius 2 is 1.76 bits per heavy atom. The molecule has 2 N–H and O–H groups in total. The van der Waals surface area contributed by atoms with Gasteiger partial charge in [0.15, 0.2) is 5.78 Å². The van der Waals surface area contributed by atoms with Gasteiger partial charge < -0.3 is 10.2 Å². The number of carbonyl (C=O) groups excluding carboxylic acids is 1. The van der Waals surface area contributed by atoms with Crippen LogP contribution in [-0.4, -0.2) is 90.7 Å². The first-order valence-electron chi connectivity index (χ1n) is 10.3. The van der Waals surface area contributed by atoms with Crippen molar-refractivity contribution < 1.29 is 15.0 Å². The summed E-state index contributed by atoms with van der Waals surface area (Å²) in [6, 6.07) is 8.23. The second kappa shape index (κ2) is 10.9. The van der Waals surface area contributed by atoms with Crippen molar-refractivity contribution in [2.75, 3.05) is 58.7 Å². The lowest BCUT2D eigenvalue weighted by atomic mass is 9.83. The van der Waals surface area contributed by atoms with Crippen molar-refractivity contribution in [3.63, 3.8) is 0 Å². The highest BCUT2D eigenvalue weighted by Crippen LogP contribution is 2.33. The maximum Gasteiger partial charge on any atom is 0.168 e. The van der Waals surface area contributed by atoms with Crippen LogP contribution in [-0.2, 0) is 4.79 Å². The number of allylic oxidation sites excluding steroid dienone is 2. The molecule has 1 atom stereocenters. The number of β-amino-alcohol motifs (C(OH)–C–C–N with tert-alkyl or cyclic N) is 1. The number of aliphatic hydroxyl groups excluding tert-OH is 2. The molecule has 0 amide bonds. The Labute approximate surface area is 177 Å². The van der Waals surface area contributed by atoms with Gasteiger partial charge in [0.2, 0.25) is 0 Å². The number of nitrogens with zero attached hydrogens (tertiary/aromatic N) is 3. The van der Waals surface area contributed by atoms with Crippen LogP contribution in [0.4, 0.5) is 0 Å². The molecule has 1 saturated heterocycles. The van der Waals surface area contributed by atoms with Gasteiger partial charge in [-0.25, -0.2) is 0 Å². The molecule has 0 spiro atoms. The van der Waals surface area contributed by atoms with E-state index in [1.54, 1.807) is 18.0 Å². The maximum absolute atomic E-state index is 12.6. The lowest BCUT2D eigenvalue weighted by molar-refractivity contribution is -0.116. The molecular weight excluding hydrogens is 386 g/mol. The summed E-state index contributed by atoms with van der Waals surface area (Å²) in [5.74, 6) is 0.154. The van der Waals surface area contributed by atoms with E-state index in [9.17, 15) is 9.90 Å².